The number of ether oxygens (including phenoxy) is 1. The van der Waals surface area contributed by atoms with Crippen molar-refractivity contribution in [2.45, 2.75) is 31.8 Å². The average Bonchev–Trinajstić information content (AvgIpc) is 2.90. The van der Waals surface area contributed by atoms with Crippen molar-refractivity contribution in [3.63, 3.8) is 0 Å². The number of aromatic nitrogens is 1. The standard InChI is InChI=1S/C17H22N2O3/c1-22-10-12(20)9-18-17(21)11-6-7-16-14(8-11)13-4-2-3-5-15(13)19-16/h6-8,12,19-20H,2-5,9-10H2,1H3,(H,18,21). The number of rotatable bonds is 5. The number of carbonyl (C=O) groups is 1. The minimum absolute atomic E-state index is 0.164. The van der Waals surface area contributed by atoms with Crippen molar-refractivity contribution >= 4 is 16.8 Å². The number of carbonyl (C=O) groups excluding carboxylic acids is 1. The second-order valence-electron chi connectivity index (χ2n) is 5.87. The lowest BCUT2D eigenvalue weighted by Crippen LogP contribution is -2.34. The first-order valence-corrected chi connectivity index (χ1v) is 7.77. The Bertz CT molecular complexity index is 678. The van der Waals surface area contributed by atoms with Gasteiger partial charge in [0, 0.05) is 35.8 Å². The summed E-state index contributed by atoms with van der Waals surface area (Å²) in [6.45, 7) is 0.403. The van der Waals surface area contributed by atoms with Gasteiger partial charge in [0.1, 0.15) is 0 Å². The van der Waals surface area contributed by atoms with Gasteiger partial charge in [-0.3, -0.25) is 4.79 Å². The molecule has 0 radical (unpaired) electrons. The van der Waals surface area contributed by atoms with Gasteiger partial charge in [0.2, 0.25) is 0 Å². The van der Waals surface area contributed by atoms with Crippen LogP contribution in [-0.2, 0) is 17.6 Å². The van der Waals surface area contributed by atoms with Crippen LogP contribution in [0.15, 0.2) is 18.2 Å². The molecule has 118 valence electrons. The van der Waals surface area contributed by atoms with Gasteiger partial charge in [-0.1, -0.05) is 0 Å². The Kier molecular flexibility index (Phi) is 4.45. The molecule has 1 aliphatic carbocycles. The van der Waals surface area contributed by atoms with Gasteiger partial charge in [-0.05, 0) is 49.4 Å². The van der Waals surface area contributed by atoms with E-state index >= 15 is 0 Å². The maximum atomic E-state index is 12.2. The molecule has 0 aliphatic heterocycles. The molecule has 5 heteroatoms. The highest BCUT2D eigenvalue weighted by atomic mass is 16.5. The number of amides is 1. The van der Waals surface area contributed by atoms with E-state index in [0.717, 1.165) is 23.7 Å². The Morgan fingerprint density at radius 3 is 3.05 bits per heavy atom. The number of aromatic amines is 1. The number of hydrogen-bond donors (Lipinski definition) is 3. The third kappa shape index (κ3) is 3.00. The molecule has 22 heavy (non-hydrogen) atoms. The lowest BCUT2D eigenvalue weighted by molar-refractivity contribution is 0.0610. The van der Waals surface area contributed by atoms with E-state index in [1.54, 1.807) is 0 Å². The number of fused-ring (bicyclic) bond motifs is 3. The monoisotopic (exact) mass is 302 g/mol. The average molecular weight is 302 g/mol. The van der Waals surface area contributed by atoms with E-state index in [-0.39, 0.29) is 19.1 Å². The first kappa shape index (κ1) is 15.1. The third-order valence-electron chi connectivity index (χ3n) is 4.22. The zero-order chi connectivity index (χ0) is 15.5. The van der Waals surface area contributed by atoms with Crippen LogP contribution in [-0.4, -0.2) is 42.4 Å². The number of nitrogens with one attached hydrogen (secondary N) is 2. The van der Waals surface area contributed by atoms with Gasteiger partial charge < -0.3 is 20.1 Å². The van der Waals surface area contributed by atoms with Gasteiger partial charge in [0.05, 0.1) is 12.7 Å². The van der Waals surface area contributed by atoms with Crippen molar-refractivity contribution < 1.29 is 14.6 Å². The van der Waals surface area contributed by atoms with Gasteiger partial charge in [-0.2, -0.15) is 0 Å². The van der Waals surface area contributed by atoms with Crippen LogP contribution in [0.4, 0.5) is 0 Å². The first-order valence-electron chi connectivity index (χ1n) is 7.77. The fraction of sp³-hybridized carbons (Fsp3) is 0.471. The molecule has 5 nitrogen and oxygen atoms in total. The fourth-order valence-corrected chi connectivity index (χ4v) is 3.11. The molecule has 0 bridgehead atoms. The molecule has 3 N–H and O–H groups in total. The molecule has 1 amide bonds. The molecule has 3 rings (SSSR count). The van der Waals surface area contributed by atoms with Crippen molar-refractivity contribution in [2.75, 3.05) is 20.3 Å². The zero-order valence-electron chi connectivity index (χ0n) is 12.8. The van der Waals surface area contributed by atoms with Gasteiger partial charge in [-0.15, -0.1) is 0 Å². The number of methoxy groups -OCH3 is 1. The molecular weight excluding hydrogens is 280 g/mol. The molecule has 2 aromatic rings. The normalized spacial score (nSPS) is 15.5. The van der Waals surface area contributed by atoms with Crippen LogP contribution < -0.4 is 5.32 Å². The second kappa shape index (κ2) is 6.50. The number of H-pyrrole nitrogens is 1. The van der Waals surface area contributed by atoms with Gasteiger partial charge in [0.25, 0.3) is 5.91 Å². The maximum absolute atomic E-state index is 12.2. The third-order valence-corrected chi connectivity index (χ3v) is 4.22. The molecular formula is C17H22N2O3. The lowest BCUT2D eigenvalue weighted by atomic mass is 9.95. The zero-order valence-corrected chi connectivity index (χ0v) is 12.8. The van der Waals surface area contributed by atoms with E-state index in [9.17, 15) is 9.90 Å². The van der Waals surface area contributed by atoms with E-state index < -0.39 is 6.10 Å². The van der Waals surface area contributed by atoms with Crippen molar-refractivity contribution in [2.24, 2.45) is 0 Å². The predicted octanol–water partition coefficient (Wildman–Crippen LogP) is 1.78. The summed E-state index contributed by atoms with van der Waals surface area (Å²) in [6.07, 6.45) is 3.92. The van der Waals surface area contributed by atoms with Crippen LogP contribution in [0.2, 0.25) is 0 Å². The maximum Gasteiger partial charge on any atom is 0.251 e. The SMILES string of the molecule is COCC(O)CNC(=O)c1ccc2[nH]c3c(c2c1)CCCC3. The van der Waals surface area contributed by atoms with Gasteiger partial charge in [0.15, 0.2) is 0 Å². The Balaban J connectivity index is 1.78. The molecule has 1 aliphatic rings. The van der Waals surface area contributed by atoms with Crippen molar-refractivity contribution in [1.82, 2.24) is 10.3 Å². The molecule has 1 aromatic heterocycles. The van der Waals surface area contributed by atoms with Crippen LogP contribution in [0, 0.1) is 0 Å². The molecule has 1 atom stereocenters. The summed E-state index contributed by atoms with van der Waals surface area (Å²) in [5.74, 6) is -0.164. The molecule has 1 aromatic carbocycles. The molecule has 0 fully saturated rings. The Labute approximate surface area is 129 Å². The topological polar surface area (TPSA) is 74.3 Å². The van der Waals surface area contributed by atoms with E-state index in [1.807, 2.05) is 18.2 Å². The van der Waals surface area contributed by atoms with Crippen molar-refractivity contribution in [1.29, 1.82) is 0 Å². The number of aliphatic hydroxyl groups excluding tert-OH is 1. The summed E-state index contributed by atoms with van der Waals surface area (Å²) < 4.78 is 4.85. The van der Waals surface area contributed by atoms with E-state index in [2.05, 4.69) is 10.3 Å². The second-order valence-corrected chi connectivity index (χ2v) is 5.87. The Hall–Kier alpha value is -1.85. The summed E-state index contributed by atoms with van der Waals surface area (Å²) in [6, 6.07) is 5.74. The van der Waals surface area contributed by atoms with Crippen LogP contribution in [0.5, 0.6) is 0 Å². The summed E-state index contributed by atoms with van der Waals surface area (Å²) in [5.41, 5.74) is 4.40. The summed E-state index contributed by atoms with van der Waals surface area (Å²) in [4.78, 5) is 15.7. The molecule has 0 saturated carbocycles. The number of benzene rings is 1. The van der Waals surface area contributed by atoms with Crippen LogP contribution in [0.1, 0.15) is 34.5 Å². The van der Waals surface area contributed by atoms with E-state index in [0.29, 0.717) is 5.56 Å². The minimum atomic E-state index is -0.683. The fourth-order valence-electron chi connectivity index (χ4n) is 3.11. The van der Waals surface area contributed by atoms with Crippen molar-refractivity contribution in [3.05, 3.63) is 35.0 Å². The number of aryl methyl sites for hydroxylation is 2. The highest BCUT2D eigenvalue weighted by Crippen LogP contribution is 2.29. The highest BCUT2D eigenvalue weighted by Gasteiger charge is 2.17. The quantitative estimate of drug-likeness (QED) is 0.788. The van der Waals surface area contributed by atoms with Crippen LogP contribution in [0.3, 0.4) is 0 Å². The summed E-state index contributed by atoms with van der Waals surface area (Å²) >= 11 is 0. The summed E-state index contributed by atoms with van der Waals surface area (Å²) in [7, 11) is 1.52. The largest absolute Gasteiger partial charge is 0.389 e. The van der Waals surface area contributed by atoms with E-state index in [4.69, 9.17) is 4.74 Å². The Morgan fingerprint density at radius 1 is 1.41 bits per heavy atom. The molecule has 0 spiro atoms. The smallest absolute Gasteiger partial charge is 0.251 e. The van der Waals surface area contributed by atoms with Crippen molar-refractivity contribution in [3.8, 4) is 0 Å². The van der Waals surface area contributed by atoms with Gasteiger partial charge >= 0.3 is 0 Å². The molecule has 0 saturated heterocycles. The molecule has 1 heterocycles. The van der Waals surface area contributed by atoms with E-state index in [1.165, 1.54) is 31.2 Å². The van der Waals surface area contributed by atoms with Crippen LogP contribution in [0.25, 0.3) is 10.9 Å². The predicted molar refractivity (Wildman–Crippen MR) is 85.2 cm³/mol. The number of aliphatic hydroxyl groups is 1. The highest BCUT2D eigenvalue weighted by molar-refractivity contribution is 5.99. The lowest BCUT2D eigenvalue weighted by Gasteiger charge is -2.12. The number of hydrogen-bond acceptors (Lipinski definition) is 3. The Morgan fingerprint density at radius 2 is 2.23 bits per heavy atom. The minimum Gasteiger partial charge on any atom is -0.389 e. The summed E-state index contributed by atoms with van der Waals surface area (Å²) in [5, 5.41) is 13.5. The van der Waals surface area contributed by atoms with Gasteiger partial charge in [-0.25, -0.2) is 0 Å². The molecule has 1 unspecified atom stereocenters. The first-order chi connectivity index (χ1) is 10.7. The van der Waals surface area contributed by atoms with Crippen LogP contribution >= 0.6 is 0 Å².